The van der Waals surface area contributed by atoms with Crippen LogP contribution in [0.4, 0.5) is 10.5 Å². The molecule has 1 heterocycles. The Kier molecular flexibility index (Phi) is 5.82. The number of para-hydroxylation sites is 1. The van der Waals surface area contributed by atoms with Crippen LogP contribution in [0.1, 0.15) is 26.3 Å². The van der Waals surface area contributed by atoms with Gasteiger partial charge < -0.3 is 24.2 Å². The van der Waals surface area contributed by atoms with Crippen molar-refractivity contribution in [3.05, 3.63) is 35.4 Å². The lowest BCUT2D eigenvalue weighted by Crippen LogP contribution is -2.58. The molecule has 0 aromatic heterocycles. The first-order valence-corrected chi connectivity index (χ1v) is 9.84. The van der Waals surface area contributed by atoms with Crippen molar-refractivity contribution in [2.24, 2.45) is 0 Å². The highest BCUT2D eigenvalue weighted by Gasteiger charge is 2.67. The molecule has 1 N–H and O–H groups in total. The molecule has 2 amide bonds. The van der Waals surface area contributed by atoms with Crippen LogP contribution in [0.5, 0.6) is 0 Å². The first-order chi connectivity index (χ1) is 13.0. The van der Waals surface area contributed by atoms with E-state index in [-0.39, 0.29) is 5.56 Å². The van der Waals surface area contributed by atoms with Crippen molar-refractivity contribution in [3.63, 3.8) is 0 Å². The standard InChI is InChI=1S/C17H23N4O6P/c1-16(2,3)27-15(23)19-17(13(20-18)28(24,25-5)26-6)11-9-7-8-10-12(11)21(4)14(17)22/h7-10H,1-6H3,(H,19,23)/t17-/m1/s1. The molecular formula is C17H23N4O6P. The number of amides is 2. The zero-order valence-electron chi connectivity index (χ0n) is 16.5. The van der Waals surface area contributed by atoms with E-state index in [9.17, 15) is 19.7 Å². The molecule has 0 saturated heterocycles. The Bertz CT molecular complexity index is 897. The Balaban J connectivity index is 2.78. The van der Waals surface area contributed by atoms with E-state index < -0.39 is 36.2 Å². The van der Waals surface area contributed by atoms with Crippen molar-refractivity contribution in [3.8, 4) is 0 Å². The number of hydrogen-bond acceptors (Lipinski definition) is 6. The summed E-state index contributed by atoms with van der Waals surface area (Å²) >= 11 is 0. The van der Waals surface area contributed by atoms with Gasteiger partial charge in [-0.1, -0.05) is 18.2 Å². The zero-order chi connectivity index (χ0) is 21.3. The molecule has 0 fully saturated rings. The van der Waals surface area contributed by atoms with Gasteiger partial charge in [-0.15, -0.1) is 0 Å². The van der Waals surface area contributed by atoms with Gasteiger partial charge in [-0.25, -0.2) is 9.36 Å². The van der Waals surface area contributed by atoms with Crippen molar-refractivity contribution in [1.29, 1.82) is 0 Å². The molecule has 1 aromatic carbocycles. The SMILES string of the molecule is COP(=O)(OC)C(=[N+]=[N-])[C@@]1(NC(=O)OC(C)(C)C)C(=O)N(C)c2ccccc21. The lowest BCUT2D eigenvalue weighted by molar-refractivity contribution is -0.123. The number of benzene rings is 1. The Morgan fingerprint density at radius 2 is 1.82 bits per heavy atom. The molecule has 0 spiro atoms. The molecule has 152 valence electrons. The van der Waals surface area contributed by atoms with E-state index in [2.05, 4.69) is 10.1 Å². The first kappa shape index (κ1) is 21.8. The van der Waals surface area contributed by atoms with Crippen LogP contribution in [-0.2, 0) is 28.7 Å². The van der Waals surface area contributed by atoms with Crippen LogP contribution in [0, 0.1) is 0 Å². The molecule has 1 atom stereocenters. The van der Waals surface area contributed by atoms with Gasteiger partial charge in [-0.3, -0.25) is 10.1 Å². The zero-order valence-corrected chi connectivity index (χ0v) is 17.4. The fourth-order valence-electron chi connectivity index (χ4n) is 2.99. The Morgan fingerprint density at radius 1 is 1.25 bits per heavy atom. The van der Waals surface area contributed by atoms with Crippen molar-refractivity contribution in [1.82, 2.24) is 5.32 Å². The summed E-state index contributed by atoms with van der Waals surface area (Å²) in [6.45, 7) is 4.93. The number of carbonyl (C=O) groups is 2. The molecule has 10 nitrogen and oxygen atoms in total. The number of fused-ring (bicyclic) bond motifs is 1. The van der Waals surface area contributed by atoms with E-state index in [1.54, 1.807) is 39.0 Å². The minimum absolute atomic E-state index is 0.232. The number of nitrogens with one attached hydrogen (secondary N) is 1. The smallest absolute Gasteiger partial charge is 0.440 e. The van der Waals surface area contributed by atoms with Crippen molar-refractivity contribution in [2.75, 3.05) is 26.2 Å². The quantitative estimate of drug-likeness (QED) is 0.343. The summed E-state index contributed by atoms with van der Waals surface area (Å²) in [7, 11) is -0.629. The number of alkyl carbamates (subject to hydrolysis) is 1. The van der Waals surface area contributed by atoms with Gasteiger partial charge in [0, 0.05) is 26.8 Å². The highest BCUT2D eigenvalue weighted by Crippen LogP contribution is 2.55. The fraction of sp³-hybridized carbons (Fsp3) is 0.471. The molecule has 0 aliphatic carbocycles. The average Bonchev–Trinajstić information content (AvgIpc) is 2.83. The second-order valence-corrected chi connectivity index (χ2v) is 9.19. The van der Waals surface area contributed by atoms with Crippen molar-refractivity contribution < 1.29 is 32.7 Å². The second kappa shape index (κ2) is 7.48. The minimum atomic E-state index is -4.25. The molecule has 0 saturated carbocycles. The molecule has 1 aliphatic rings. The number of hydrogen-bond donors (Lipinski definition) is 1. The lowest BCUT2D eigenvalue weighted by atomic mass is 9.92. The predicted octanol–water partition coefficient (Wildman–Crippen LogP) is 2.50. The van der Waals surface area contributed by atoms with Gasteiger partial charge >= 0.3 is 19.1 Å². The molecule has 28 heavy (non-hydrogen) atoms. The van der Waals surface area contributed by atoms with Crippen molar-refractivity contribution >= 4 is 30.7 Å². The first-order valence-electron chi connectivity index (χ1n) is 8.30. The summed E-state index contributed by atoms with van der Waals surface area (Å²) in [4.78, 5) is 30.2. The third-order valence-electron chi connectivity index (χ3n) is 4.15. The molecule has 2 rings (SSSR count). The molecular weight excluding hydrogens is 387 g/mol. The number of ether oxygens (including phenoxy) is 1. The summed E-state index contributed by atoms with van der Waals surface area (Å²) in [6.07, 6.45) is -0.981. The predicted molar refractivity (Wildman–Crippen MR) is 101 cm³/mol. The monoisotopic (exact) mass is 410 g/mol. The minimum Gasteiger partial charge on any atom is -0.444 e. The van der Waals surface area contributed by atoms with Crippen LogP contribution < -0.4 is 10.2 Å². The summed E-state index contributed by atoms with van der Waals surface area (Å²) in [5, 5.41) is 2.44. The maximum absolute atomic E-state index is 13.3. The molecule has 1 aliphatic heterocycles. The highest BCUT2D eigenvalue weighted by molar-refractivity contribution is 7.72. The van der Waals surface area contributed by atoms with Gasteiger partial charge in [0.25, 0.3) is 11.4 Å². The van der Waals surface area contributed by atoms with E-state index in [0.717, 1.165) is 14.2 Å². The third-order valence-corrected chi connectivity index (χ3v) is 6.06. The summed E-state index contributed by atoms with van der Waals surface area (Å²) < 4.78 is 28.3. The molecule has 0 bridgehead atoms. The second-order valence-electron chi connectivity index (χ2n) is 7.04. The largest absolute Gasteiger partial charge is 0.444 e. The van der Waals surface area contributed by atoms with Crippen LogP contribution in [-0.4, -0.2) is 49.1 Å². The maximum atomic E-state index is 13.3. The molecule has 1 aromatic rings. The van der Waals surface area contributed by atoms with Gasteiger partial charge in [-0.05, 0) is 26.8 Å². The van der Waals surface area contributed by atoms with Crippen molar-refractivity contribution in [2.45, 2.75) is 31.9 Å². The number of anilines is 1. The number of carbonyl (C=O) groups excluding carboxylic acids is 2. The topological polar surface area (TPSA) is 131 Å². The fourth-order valence-corrected chi connectivity index (χ4v) is 4.28. The van der Waals surface area contributed by atoms with E-state index in [0.29, 0.717) is 5.69 Å². The average molecular weight is 410 g/mol. The highest BCUT2D eigenvalue weighted by atomic mass is 31.2. The van der Waals surface area contributed by atoms with Gasteiger partial charge in [0.05, 0.1) is 5.69 Å². The van der Waals surface area contributed by atoms with Crippen LogP contribution >= 0.6 is 7.60 Å². The lowest BCUT2D eigenvalue weighted by Gasteiger charge is -2.28. The maximum Gasteiger partial charge on any atom is 0.440 e. The summed E-state index contributed by atoms with van der Waals surface area (Å²) in [5.74, 6) is -0.721. The van der Waals surface area contributed by atoms with E-state index in [1.165, 1.54) is 18.0 Å². The summed E-state index contributed by atoms with van der Waals surface area (Å²) in [5.41, 5.74) is 6.66. The summed E-state index contributed by atoms with van der Waals surface area (Å²) in [6, 6.07) is 6.48. The van der Waals surface area contributed by atoms with Gasteiger partial charge in [0.15, 0.2) is 0 Å². The van der Waals surface area contributed by atoms with Gasteiger partial charge in [0.1, 0.15) is 5.60 Å². The van der Waals surface area contributed by atoms with Crippen LogP contribution in [0.2, 0.25) is 0 Å². The van der Waals surface area contributed by atoms with E-state index in [4.69, 9.17) is 13.8 Å². The third kappa shape index (κ3) is 3.47. The van der Waals surface area contributed by atoms with Gasteiger partial charge in [0.2, 0.25) is 0 Å². The van der Waals surface area contributed by atoms with Crippen LogP contribution in [0.25, 0.3) is 5.53 Å². The molecule has 0 unspecified atom stereocenters. The number of likely N-dealkylation sites (N-methyl/N-ethyl adjacent to an activating group) is 1. The molecule has 11 heteroatoms. The normalized spacial score (nSPS) is 19.1. The molecule has 0 radical (unpaired) electrons. The van der Waals surface area contributed by atoms with Crippen LogP contribution in [0.15, 0.2) is 24.3 Å². The Morgan fingerprint density at radius 3 is 2.32 bits per heavy atom. The number of nitrogens with zero attached hydrogens (tertiary/aromatic N) is 3. The van der Waals surface area contributed by atoms with Gasteiger partial charge in [-0.2, -0.15) is 4.79 Å². The Hall–Kier alpha value is -2.51. The van der Waals surface area contributed by atoms with E-state index >= 15 is 0 Å². The van der Waals surface area contributed by atoms with Crippen LogP contribution in [0.3, 0.4) is 0 Å². The Labute approximate surface area is 162 Å². The number of rotatable bonds is 5. The van der Waals surface area contributed by atoms with E-state index in [1.807, 2.05) is 0 Å².